The summed E-state index contributed by atoms with van der Waals surface area (Å²) in [7, 11) is 0. The molecule has 0 aromatic heterocycles. The lowest BCUT2D eigenvalue weighted by Gasteiger charge is -2.26. The van der Waals surface area contributed by atoms with E-state index < -0.39 is 0 Å². The molecule has 0 atom stereocenters. The monoisotopic (exact) mass is 268 g/mol. The second kappa shape index (κ2) is 7.43. The fraction of sp³-hybridized carbons (Fsp3) is 0.571. The molecular formula is C14H21FN2O2. The van der Waals surface area contributed by atoms with Crippen LogP contribution in [0.3, 0.4) is 0 Å². The van der Waals surface area contributed by atoms with Crippen molar-refractivity contribution >= 4 is 5.69 Å². The van der Waals surface area contributed by atoms with E-state index in [9.17, 15) is 4.39 Å². The molecule has 19 heavy (non-hydrogen) atoms. The number of rotatable bonds is 6. The number of nitrogens with one attached hydrogen (secondary N) is 1. The van der Waals surface area contributed by atoms with Gasteiger partial charge in [0.2, 0.25) is 0 Å². The molecule has 2 rings (SSSR count). The summed E-state index contributed by atoms with van der Waals surface area (Å²) in [6.45, 7) is 6.70. The normalized spacial score (nSPS) is 16.5. The molecule has 5 heteroatoms. The van der Waals surface area contributed by atoms with Crippen molar-refractivity contribution in [2.24, 2.45) is 0 Å². The van der Waals surface area contributed by atoms with Gasteiger partial charge in [-0.2, -0.15) is 0 Å². The first kappa shape index (κ1) is 14.2. The highest BCUT2D eigenvalue weighted by molar-refractivity contribution is 5.47. The third kappa shape index (κ3) is 4.16. The Morgan fingerprint density at radius 1 is 1.37 bits per heavy atom. The predicted molar refractivity (Wildman–Crippen MR) is 72.6 cm³/mol. The van der Waals surface area contributed by atoms with Crippen LogP contribution in [0.15, 0.2) is 18.2 Å². The Labute approximate surface area is 113 Å². The van der Waals surface area contributed by atoms with Gasteiger partial charge in [0.25, 0.3) is 0 Å². The van der Waals surface area contributed by atoms with E-state index in [1.54, 1.807) is 12.1 Å². The number of nitrogens with zero attached hydrogens (tertiary/aromatic N) is 1. The predicted octanol–water partition coefficient (Wildman–Crippen LogP) is 2.06. The zero-order valence-corrected chi connectivity index (χ0v) is 11.3. The maximum absolute atomic E-state index is 14.0. The largest absolute Gasteiger partial charge is 0.383 e. The summed E-state index contributed by atoms with van der Waals surface area (Å²) in [6.07, 6.45) is 0. The first-order valence-corrected chi connectivity index (χ1v) is 6.70. The minimum absolute atomic E-state index is 0.216. The molecule has 1 aromatic carbocycles. The summed E-state index contributed by atoms with van der Waals surface area (Å²) in [5.41, 5.74) is 1.13. The Kier molecular flexibility index (Phi) is 5.57. The fourth-order valence-electron chi connectivity index (χ4n) is 2.03. The van der Waals surface area contributed by atoms with E-state index in [0.29, 0.717) is 31.1 Å². The maximum atomic E-state index is 14.0. The van der Waals surface area contributed by atoms with Crippen LogP contribution in [-0.4, -0.2) is 44.5 Å². The van der Waals surface area contributed by atoms with Crippen LogP contribution in [0.4, 0.5) is 10.1 Å². The average molecular weight is 268 g/mol. The number of hydrogen-bond acceptors (Lipinski definition) is 4. The summed E-state index contributed by atoms with van der Waals surface area (Å²) in [5, 5.41) is 3.00. The molecule has 1 fully saturated rings. The highest BCUT2D eigenvalue weighted by Gasteiger charge is 2.11. The Hall–Kier alpha value is -1.17. The van der Waals surface area contributed by atoms with Gasteiger partial charge in [0.05, 0.1) is 32.2 Å². The van der Waals surface area contributed by atoms with Crippen LogP contribution in [0.25, 0.3) is 0 Å². The molecule has 0 radical (unpaired) electrons. The topological polar surface area (TPSA) is 33.7 Å². The third-order valence-electron chi connectivity index (χ3n) is 3.08. The van der Waals surface area contributed by atoms with Crippen molar-refractivity contribution < 1.29 is 13.9 Å². The zero-order valence-electron chi connectivity index (χ0n) is 11.3. The van der Waals surface area contributed by atoms with Crippen LogP contribution < -0.4 is 5.32 Å². The smallest absolute Gasteiger partial charge is 0.151 e. The van der Waals surface area contributed by atoms with E-state index in [-0.39, 0.29) is 5.82 Å². The number of benzene rings is 1. The van der Waals surface area contributed by atoms with Gasteiger partial charge in [0.1, 0.15) is 0 Å². The van der Waals surface area contributed by atoms with Gasteiger partial charge in [0.15, 0.2) is 5.82 Å². The quantitative estimate of drug-likeness (QED) is 0.856. The van der Waals surface area contributed by atoms with Crippen LogP contribution in [0.5, 0.6) is 0 Å². The zero-order chi connectivity index (χ0) is 13.5. The molecule has 1 N–H and O–H groups in total. The molecule has 4 nitrogen and oxygen atoms in total. The Morgan fingerprint density at radius 2 is 2.16 bits per heavy atom. The number of hydrogen-bond donors (Lipinski definition) is 1. The van der Waals surface area contributed by atoms with Crippen molar-refractivity contribution in [3.63, 3.8) is 0 Å². The van der Waals surface area contributed by atoms with Crippen LogP contribution in [0.1, 0.15) is 12.5 Å². The SMILES string of the molecule is CCNc1cccc(COCN2CCOCC2)c1F. The highest BCUT2D eigenvalue weighted by Crippen LogP contribution is 2.18. The van der Waals surface area contributed by atoms with Crippen LogP contribution in [0.2, 0.25) is 0 Å². The van der Waals surface area contributed by atoms with Crippen LogP contribution in [-0.2, 0) is 16.1 Å². The van der Waals surface area contributed by atoms with Gasteiger partial charge in [-0.15, -0.1) is 0 Å². The lowest BCUT2D eigenvalue weighted by Crippen LogP contribution is -2.37. The van der Waals surface area contributed by atoms with Crippen molar-refractivity contribution in [3.05, 3.63) is 29.6 Å². The molecule has 1 aromatic rings. The van der Waals surface area contributed by atoms with E-state index >= 15 is 0 Å². The highest BCUT2D eigenvalue weighted by atomic mass is 19.1. The maximum Gasteiger partial charge on any atom is 0.151 e. The molecule has 0 bridgehead atoms. The van der Waals surface area contributed by atoms with Crippen LogP contribution >= 0.6 is 0 Å². The molecule has 1 saturated heterocycles. The van der Waals surface area contributed by atoms with Crippen molar-refractivity contribution in [2.75, 3.05) is 44.9 Å². The summed E-state index contributed by atoms with van der Waals surface area (Å²) in [5.74, 6) is -0.216. The second-order valence-electron chi connectivity index (χ2n) is 4.52. The van der Waals surface area contributed by atoms with Gasteiger partial charge in [0, 0.05) is 25.2 Å². The molecule has 106 valence electrons. The van der Waals surface area contributed by atoms with E-state index in [0.717, 1.165) is 26.3 Å². The fourth-order valence-corrected chi connectivity index (χ4v) is 2.03. The van der Waals surface area contributed by atoms with E-state index in [2.05, 4.69) is 10.2 Å². The first-order valence-electron chi connectivity index (χ1n) is 6.70. The third-order valence-corrected chi connectivity index (χ3v) is 3.08. The molecule has 0 amide bonds. The van der Waals surface area contributed by atoms with Crippen molar-refractivity contribution in [2.45, 2.75) is 13.5 Å². The Morgan fingerprint density at radius 3 is 2.89 bits per heavy atom. The van der Waals surface area contributed by atoms with Gasteiger partial charge in [-0.3, -0.25) is 4.90 Å². The van der Waals surface area contributed by atoms with Gasteiger partial charge < -0.3 is 14.8 Å². The standard InChI is InChI=1S/C14H21FN2O2/c1-2-16-13-5-3-4-12(14(13)15)10-19-11-17-6-8-18-9-7-17/h3-5,16H,2,6-11H2,1H3. The van der Waals surface area contributed by atoms with E-state index in [1.807, 2.05) is 13.0 Å². The first-order chi connectivity index (χ1) is 9.31. The van der Waals surface area contributed by atoms with E-state index in [1.165, 1.54) is 0 Å². The second-order valence-corrected chi connectivity index (χ2v) is 4.52. The molecular weight excluding hydrogens is 247 g/mol. The Balaban J connectivity index is 1.83. The number of anilines is 1. The molecule has 1 aliphatic heterocycles. The van der Waals surface area contributed by atoms with Crippen molar-refractivity contribution in [1.82, 2.24) is 4.90 Å². The van der Waals surface area contributed by atoms with E-state index in [4.69, 9.17) is 9.47 Å². The molecule has 0 aliphatic carbocycles. The van der Waals surface area contributed by atoms with Crippen molar-refractivity contribution in [3.8, 4) is 0 Å². The van der Waals surface area contributed by atoms with Gasteiger partial charge >= 0.3 is 0 Å². The number of halogens is 1. The molecule has 1 aliphatic rings. The molecule has 1 heterocycles. The summed E-state index contributed by atoms with van der Waals surface area (Å²) < 4.78 is 24.9. The lowest BCUT2D eigenvalue weighted by atomic mass is 10.2. The Bertz CT molecular complexity index is 395. The molecule has 0 unspecified atom stereocenters. The van der Waals surface area contributed by atoms with Gasteiger partial charge in [-0.05, 0) is 13.0 Å². The molecule has 0 saturated carbocycles. The minimum Gasteiger partial charge on any atom is -0.383 e. The summed E-state index contributed by atoms with van der Waals surface area (Å²) >= 11 is 0. The van der Waals surface area contributed by atoms with Gasteiger partial charge in [-0.25, -0.2) is 4.39 Å². The number of ether oxygens (including phenoxy) is 2. The van der Waals surface area contributed by atoms with Crippen LogP contribution in [0, 0.1) is 5.82 Å². The summed E-state index contributed by atoms with van der Waals surface area (Å²) in [4.78, 5) is 2.16. The van der Waals surface area contributed by atoms with Crippen molar-refractivity contribution in [1.29, 1.82) is 0 Å². The average Bonchev–Trinajstić information content (AvgIpc) is 2.44. The molecule has 0 spiro atoms. The minimum atomic E-state index is -0.216. The number of morpholine rings is 1. The van der Waals surface area contributed by atoms with Gasteiger partial charge in [-0.1, -0.05) is 12.1 Å². The summed E-state index contributed by atoms with van der Waals surface area (Å²) in [6, 6.07) is 5.34. The lowest BCUT2D eigenvalue weighted by molar-refractivity contribution is -0.0383.